The molecule has 2 heterocycles. The highest BCUT2D eigenvalue weighted by Gasteiger charge is 2.09. The smallest absolute Gasteiger partial charge is 0.223 e. The lowest BCUT2D eigenvalue weighted by atomic mass is 10.2. The first-order valence-electron chi connectivity index (χ1n) is 4.19. The summed E-state index contributed by atoms with van der Waals surface area (Å²) in [6, 6.07) is 1.81. The van der Waals surface area contributed by atoms with Gasteiger partial charge in [0.25, 0.3) is 0 Å². The minimum atomic E-state index is 0.230. The molecule has 0 aromatic carbocycles. The summed E-state index contributed by atoms with van der Waals surface area (Å²) in [7, 11) is 0. The van der Waals surface area contributed by atoms with E-state index in [4.69, 9.17) is 10.2 Å². The molecule has 0 aliphatic heterocycles. The maximum atomic E-state index is 5.52. The van der Waals surface area contributed by atoms with Crippen molar-refractivity contribution in [1.82, 2.24) is 15.0 Å². The molecule has 0 amide bonds. The van der Waals surface area contributed by atoms with Crippen molar-refractivity contribution >= 4 is 5.95 Å². The van der Waals surface area contributed by atoms with E-state index in [2.05, 4.69) is 15.0 Å². The van der Waals surface area contributed by atoms with Crippen molar-refractivity contribution < 1.29 is 4.42 Å². The Kier molecular flexibility index (Phi) is 1.92. The standard InChI is InChI=1S/C9H10N4O/c1-5-7(3-4-14-5)8-11-6(2)12-9(10)13-8/h3-4H,1-2H3,(H2,10,11,12,13). The lowest BCUT2D eigenvalue weighted by molar-refractivity contribution is 0.535. The van der Waals surface area contributed by atoms with Crippen LogP contribution in [0.2, 0.25) is 0 Å². The largest absolute Gasteiger partial charge is 0.469 e. The van der Waals surface area contributed by atoms with Crippen molar-refractivity contribution in [3.63, 3.8) is 0 Å². The first-order valence-corrected chi connectivity index (χ1v) is 4.19. The van der Waals surface area contributed by atoms with E-state index in [0.29, 0.717) is 11.6 Å². The van der Waals surface area contributed by atoms with E-state index in [9.17, 15) is 0 Å². The summed E-state index contributed by atoms with van der Waals surface area (Å²) in [4.78, 5) is 12.1. The summed E-state index contributed by atoms with van der Waals surface area (Å²) in [5.41, 5.74) is 6.37. The van der Waals surface area contributed by atoms with Crippen LogP contribution in [0.1, 0.15) is 11.6 Å². The minimum Gasteiger partial charge on any atom is -0.469 e. The monoisotopic (exact) mass is 190 g/mol. The van der Waals surface area contributed by atoms with Gasteiger partial charge in [0.1, 0.15) is 11.6 Å². The summed E-state index contributed by atoms with van der Waals surface area (Å²) < 4.78 is 5.16. The highest BCUT2D eigenvalue weighted by molar-refractivity contribution is 5.57. The summed E-state index contributed by atoms with van der Waals surface area (Å²) >= 11 is 0. The molecule has 0 atom stereocenters. The van der Waals surface area contributed by atoms with Crippen LogP contribution in [0.15, 0.2) is 16.7 Å². The average molecular weight is 190 g/mol. The summed E-state index contributed by atoms with van der Waals surface area (Å²) in [6.45, 7) is 3.63. The van der Waals surface area contributed by atoms with Crippen molar-refractivity contribution in [1.29, 1.82) is 0 Å². The molecular weight excluding hydrogens is 180 g/mol. The van der Waals surface area contributed by atoms with Crippen LogP contribution in [0.5, 0.6) is 0 Å². The van der Waals surface area contributed by atoms with Crippen LogP contribution in [0.25, 0.3) is 11.4 Å². The van der Waals surface area contributed by atoms with E-state index in [1.165, 1.54) is 0 Å². The van der Waals surface area contributed by atoms with Gasteiger partial charge in [0.05, 0.1) is 11.8 Å². The molecule has 0 saturated carbocycles. The fourth-order valence-corrected chi connectivity index (χ4v) is 1.24. The van der Waals surface area contributed by atoms with Gasteiger partial charge >= 0.3 is 0 Å². The van der Waals surface area contributed by atoms with Crippen molar-refractivity contribution in [2.75, 3.05) is 5.73 Å². The van der Waals surface area contributed by atoms with Crippen LogP contribution in [-0.4, -0.2) is 15.0 Å². The van der Waals surface area contributed by atoms with E-state index in [1.807, 2.05) is 13.0 Å². The van der Waals surface area contributed by atoms with E-state index in [0.717, 1.165) is 11.3 Å². The SMILES string of the molecule is Cc1nc(N)nc(-c2ccoc2C)n1. The Morgan fingerprint density at radius 3 is 2.57 bits per heavy atom. The van der Waals surface area contributed by atoms with Gasteiger partial charge < -0.3 is 10.2 Å². The summed E-state index contributed by atoms with van der Waals surface area (Å²) in [6.07, 6.45) is 1.60. The van der Waals surface area contributed by atoms with Gasteiger partial charge in [-0.05, 0) is 19.9 Å². The molecule has 14 heavy (non-hydrogen) atoms. The Balaban J connectivity index is 2.57. The molecular formula is C9H10N4O. The van der Waals surface area contributed by atoms with Gasteiger partial charge in [-0.1, -0.05) is 0 Å². The van der Waals surface area contributed by atoms with Gasteiger partial charge in [-0.25, -0.2) is 4.98 Å². The lowest BCUT2D eigenvalue weighted by Gasteiger charge is -1.99. The average Bonchev–Trinajstić information content (AvgIpc) is 2.49. The Hall–Kier alpha value is -1.91. The van der Waals surface area contributed by atoms with Crippen molar-refractivity contribution in [2.45, 2.75) is 13.8 Å². The van der Waals surface area contributed by atoms with E-state index < -0.39 is 0 Å². The number of aromatic nitrogens is 3. The number of hydrogen-bond acceptors (Lipinski definition) is 5. The number of nitrogens with zero attached hydrogens (tertiary/aromatic N) is 3. The van der Waals surface area contributed by atoms with Crippen LogP contribution in [0.4, 0.5) is 5.95 Å². The first kappa shape index (κ1) is 8.68. The van der Waals surface area contributed by atoms with Crippen LogP contribution in [0.3, 0.4) is 0 Å². The van der Waals surface area contributed by atoms with Gasteiger partial charge in [-0.3, -0.25) is 0 Å². The molecule has 0 bridgehead atoms. The molecule has 72 valence electrons. The first-order chi connectivity index (χ1) is 6.66. The number of furan rings is 1. The molecule has 0 radical (unpaired) electrons. The number of nitrogens with two attached hydrogens (primary N) is 1. The van der Waals surface area contributed by atoms with Crippen LogP contribution >= 0.6 is 0 Å². The number of rotatable bonds is 1. The lowest BCUT2D eigenvalue weighted by Crippen LogP contribution is -2.01. The fourth-order valence-electron chi connectivity index (χ4n) is 1.24. The molecule has 0 saturated heterocycles. The zero-order valence-electron chi connectivity index (χ0n) is 7.98. The Morgan fingerprint density at radius 2 is 2.00 bits per heavy atom. The van der Waals surface area contributed by atoms with Crippen LogP contribution in [-0.2, 0) is 0 Å². The molecule has 5 nitrogen and oxygen atoms in total. The van der Waals surface area contributed by atoms with Crippen molar-refractivity contribution in [3.8, 4) is 11.4 Å². The van der Waals surface area contributed by atoms with Crippen molar-refractivity contribution in [2.24, 2.45) is 0 Å². The highest BCUT2D eigenvalue weighted by atomic mass is 16.3. The topological polar surface area (TPSA) is 77.8 Å². The third kappa shape index (κ3) is 1.44. The molecule has 0 unspecified atom stereocenters. The molecule has 0 aliphatic rings. The summed E-state index contributed by atoms with van der Waals surface area (Å²) in [5, 5.41) is 0. The predicted molar refractivity (Wildman–Crippen MR) is 51.4 cm³/mol. The molecule has 0 fully saturated rings. The van der Waals surface area contributed by atoms with Gasteiger partial charge in [-0.15, -0.1) is 0 Å². The molecule has 2 rings (SSSR count). The second-order valence-electron chi connectivity index (χ2n) is 2.95. The van der Waals surface area contributed by atoms with Gasteiger partial charge in [-0.2, -0.15) is 9.97 Å². The number of nitrogen functional groups attached to an aromatic ring is 1. The highest BCUT2D eigenvalue weighted by Crippen LogP contribution is 2.20. The number of anilines is 1. The quantitative estimate of drug-likeness (QED) is 0.733. The molecule has 5 heteroatoms. The van der Waals surface area contributed by atoms with Crippen molar-refractivity contribution in [3.05, 3.63) is 23.9 Å². The van der Waals surface area contributed by atoms with Crippen LogP contribution in [0, 0.1) is 13.8 Å². The van der Waals surface area contributed by atoms with E-state index >= 15 is 0 Å². The third-order valence-electron chi connectivity index (χ3n) is 1.86. The fraction of sp³-hybridized carbons (Fsp3) is 0.222. The molecule has 2 aromatic rings. The second kappa shape index (κ2) is 3.10. The maximum Gasteiger partial charge on any atom is 0.223 e. The Bertz CT molecular complexity index is 443. The zero-order chi connectivity index (χ0) is 10.1. The van der Waals surface area contributed by atoms with Crippen LogP contribution < -0.4 is 5.73 Å². The minimum absolute atomic E-state index is 0.230. The van der Waals surface area contributed by atoms with Gasteiger partial charge in [0.2, 0.25) is 5.95 Å². The Labute approximate surface area is 81.0 Å². The molecule has 0 aliphatic carbocycles. The third-order valence-corrected chi connectivity index (χ3v) is 1.86. The van der Waals surface area contributed by atoms with Gasteiger partial charge in [0.15, 0.2) is 5.82 Å². The number of hydrogen-bond donors (Lipinski definition) is 1. The Morgan fingerprint density at radius 1 is 1.21 bits per heavy atom. The molecule has 2 N–H and O–H groups in total. The normalized spacial score (nSPS) is 10.4. The number of aryl methyl sites for hydroxylation is 2. The molecule has 0 spiro atoms. The molecule has 2 aromatic heterocycles. The summed E-state index contributed by atoms with van der Waals surface area (Å²) in [5.74, 6) is 2.16. The van der Waals surface area contributed by atoms with Gasteiger partial charge in [0, 0.05) is 0 Å². The predicted octanol–water partition coefficient (Wildman–Crippen LogP) is 1.33. The zero-order valence-corrected chi connectivity index (χ0v) is 7.98. The van der Waals surface area contributed by atoms with E-state index in [-0.39, 0.29) is 5.95 Å². The second-order valence-corrected chi connectivity index (χ2v) is 2.95. The maximum absolute atomic E-state index is 5.52. The van der Waals surface area contributed by atoms with E-state index in [1.54, 1.807) is 13.2 Å².